The molecule has 0 radical (unpaired) electrons. The molecule has 2 aromatic carbocycles. The van der Waals surface area contributed by atoms with Gasteiger partial charge in [0.05, 0.1) is 6.54 Å². The molecule has 0 bridgehead atoms. The van der Waals surface area contributed by atoms with Crippen molar-refractivity contribution in [2.24, 2.45) is 0 Å². The van der Waals surface area contributed by atoms with Crippen LogP contribution in [0.5, 0.6) is 0 Å². The third-order valence-electron chi connectivity index (χ3n) is 2.69. The molecule has 0 heterocycles. The molecule has 0 aliphatic carbocycles. The van der Waals surface area contributed by atoms with E-state index in [0.29, 0.717) is 11.3 Å². The monoisotopic (exact) mass is 276 g/mol. The number of hydrogen-bond acceptors (Lipinski definition) is 2. The number of anilines is 1. The third kappa shape index (κ3) is 4.13. The number of nitrogens with one attached hydrogen (secondary N) is 2. The quantitative estimate of drug-likeness (QED) is 0.881. The molecule has 0 atom stereocenters. The Morgan fingerprint density at radius 3 is 2.40 bits per heavy atom. The first-order valence-corrected chi connectivity index (χ1v) is 6.15. The van der Waals surface area contributed by atoms with Gasteiger partial charge in [-0.05, 0) is 30.3 Å². The lowest BCUT2D eigenvalue weighted by molar-refractivity contribution is -0.115. The predicted octanol–water partition coefficient (Wildman–Crippen LogP) is 2.69. The van der Waals surface area contributed by atoms with Gasteiger partial charge < -0.3 is 10.6 Å². The summed E-state index contributed by atoms with van der Waals surface area (Å²) in [5.74, 6) is -0.937. The Labute approximate surface area is 115 Å². The number of hydrogen-bond donors (Lipinski definition) is 2. The van der Waals surface area contributed by atoms with Crippen LogP contribution in [0.3, 0.4) is 0 Å². The summed E-state index contributed by atoms with van der Waals surface area (Å²) in [7, 11) is 0. The molecule has 0 spiro atoms. The van der Waals surface area contributed by atoms with Gasteiger partial charge in [-0.2, -0.15) is 0 Å². The molecule has 5 heteroatoms. The Kier molecular flexibility index (Phi) is 4.79. The maximum absolute atomic E-state index is 13.3. The molecule has 0 unspecified atom stereocenters. The van der Waals surface area contributed by atoms with Crippen molar-refractivity contribution in [2.45, 2.75) is 6.54 Å². The van der Waals surface area contributed by atoms with Gasteiger partial charge in [-0.3, -0.25) is 4.79 Å². The molecule has 0 fully saturated rings. The van der Waals surface area contributed by atoms with Gasteiger partial charge in [-0.1, -0.05) is 18.2 Å². The van der Waals surface area contributed by atoms with Gasteiger partial charge in [0.15, 0.2) is 0 Å². The first kappa shape index (κ1) is 14.1. The van der Waals surface area contributed by atoms with Crippen LogP contribution in [0.25, 0.3) is 0 Å². The molecule has 0 saturated carbocycles. The fraction of sp³-hybridized carbons (Fsp3) is 0.133. The Morgan fingerprint density at radius 1 is 1.00 bits per heavy atom. The highest BCUT2D eigenvalue weighted by atomic mass is 19.1. The highest BCUT2D eigenvalue weighted by Gasteiger charge is 2.04. The van der Waals surface area contributed by atoms with E-state index in [1.54, 1.807) is 18.2 Å². The van der Waals surface area contributed by atoms with E-state index in [1.807, 2.05) is 0 Å². The highest BCUT2D eigenvalue weighted by molar-refractivity contribution is 5.92. The molecule has 2 rings (SSSR count). The van der Waals surface area contributed by atoms with Crippen LogP contribution in [0.4, 0.5) is 14.5 Å². The van der Waals surface area contributed by atoms with E-state index in [0.717, 1.165) is 0 Å². The van der Waals surface area contributed by atoms with Crippen molar-refractivity contribution in [3.05, 3.63) is 65.7 Å². The van der Waals surface area contributed by atoms with Crippen LogP contribution in [-0.2, 0) is 11.3 Å². The molecule has 1 amide bonds. The summed E-state index contributed by atoms with van der Waals surface area (Å²) in [6.45, 7) is 0.315. The molecular formula is C15H14F2N2O. The van der Waals surface area contributed by atoms with Crippen LogP contribution >= 0.6 is 0 Å². The Balaban J connectivity index is 1.78. The van der Waals surface area contributed by atoms with Gasteiger partial charge in [0.2, 0.25) is 5.91 Å². The second kappa shape index (κ2) is 6.77. The molecule has 20 heavy (non-hydrogen) atoms. The number of halogens is 2. The zero-order valence-corrected chi connectivity index (χ0v) is 10.7. The van der Waals surface area contributed by atoms with Crippen molar-refractivity contribution in [3.63, 3.8) is 0 Å². The normalized spacial score (nSPS) is 10.3. The minimum absolute atomic E-state index is 0.0473. The lowest BCUT2D eigenvalue weighted by Crippen LogP contribution is -2.28. The van der Waals surface area contributed by atoms with Crippen LogP contribution in [0, 0.1) is 11.6 Å². The first-order valence-electron chi connectivity index (χ1n) is 6.15. The van der Waals surface area contributed by atoms with Crippen molar-refractivity contribution in [3.8, 4) is 0 Å². The molecule has 0 aliphatic heterocycles. The second-order valence-electron chi connectivity index (χ2n) is 4.25. The average molecular weight is 276 g/mol. The summed E-state index contributed by atoms with van der Waals surface area (Å²) in [5.41, 5.74) is 1.02. The van der Waals surface area contributed by atoms with Crippen molar-refractivity contribution < 1.29 is 13.6 Å². The first-order chi connectivity index (χ1) is 9.65. The number of benzene rings is 2. The number of carbonyl (C=O) groups excluding carboxylic acids is 1. The van der Waals surface area contributed by atoms with Crippen molar-refractivity contribution in [1.82, 2.24) is 5.32 Å². The van der Waals surface area contributed by atoms with E-state index < -0.39 is 0 Å². The van der Waals surface area contributed by atoms with E-state index >= 15 is 0 Å². The van der Waals surface area contributed by atoms with Crippen LogP contribution in [0.1, 0.15) is 5.56 Å². The molecule has 104 valence electrons. The van der Waals surface area contributed by atoms with Crippen molar-refractivity contribution in [1.29, 1.82) is 0 Å². The smallest absolute Gasteiger partial charge is 0.238 e. The van der Waals surface area contributed by atoms with Gasteiger partial charge in [0.25, 0.3) is 0 Å². The summed E-state index contributed by atoms with van der Waals surface area (Å²) in [5, 5.41) is 5.46. The van der Waals surface area contributed by atoms with Crippen LogP contribution in [0.2, 0.25) is 0 Å². The molecule has 0 aromatic heterocycles. The minimum Gasteiger partial charge on any atom is -0.325 e. The molecule has 2 aromatic rings. The molecule has 3 nitrogen and oxygen atoms in total. The highest BCUT2D eigenvalue weighted by Crippen LogP contribution is 2.08. The zero-order valence-electron chi connectivity index (χ0n) is 10.7. The van der Waals surface area contributed by atoms with E-state index in [-0.39, 0.29) is 30.6 Å². The summed E-state index contributed by atoms with van der Waals surface area (Å²) >= 11 is 0. The molecular weight excluding hydrogens is 262 g/mol. The topological polar surface area (TPSA) is 41.1 Å². The molecule has 0 saturated heterocycles. The average Bonchev–Trinajstić information content (AvgIpc) is 2.43. The summed E-state index contributed by atoms with van der Waals surface area (Å²) in [6.07, 6.45) is 0. The lowest BCUT2D eigenvalue weighted by atomic mass is 10.2. The molecule has 2 N–H and O–H groups in total. The van der Waals surface area contributed by atoms with Crippen LogP contribution < -0.4 is 10.6 Å². The van der Waals surface area contributed by atoms with Gasteiger partial charge in [0.1, 0.15) is 11.6 Å². The number of amides is 1. The van der Waals surface area contributed by atoms with Crippen LogP contribution in [-0.4, -0.2) is 12.5 Å². The van der Waals surface area contributed by atoms with Crippen molar-refractivity contribution >= 4 is 11.6 Å². The fourth-order valence-corrected chi connectivity index (χ4v) is 1.69. The maximum Gasteiger partial charge on any atom is 0.238 e. The fourth-order valence-electron chi connectivity index (χ4n) is 1.69. The van der Waals surface area contributed by atoms with Gasteiger partial charge in [0, 0.05) is 17.8 Å². The third-order valence-corrected chi connectivity index (χ3v) is 2.69. The van der Waals surface area contributed by atoms with Crippen LogP contribution in [0.15, 0.2) is 48.5 Å². The second-order valence-corrected chi connectivity index (χ2v) is 4.25. The standard InChI is InChI=1S/C15H14F2N2O/c16-12-5-7-13(8-6-12)19-15(20)10-18-9-11-3-1-2-4-14(11)17/h1-8,18H,9-10H2,(H,19,20). The summed E-state index contributed by atoms with van der Waals surface area (Å²) in [6, 6.07) is 11.9. The van der Waals surface area contributed by atoms with Gasteiger partial charge in [-0.25, -0.2) is 8.78 Å². The van der Waals surface area contributed by atoms with Gasteiger partial charge in [-0.15, -0.1) is 0 Å². The SMILES string of the molecule is O=C(CNCc1ccccc1F)Nc1ccc(F)cc1. The maximum atomic E-state index is 13.3. The zero-order chi connectivity index (χ0) is 14.4. The van der Waals surface area contributed by atoms with Gasteiger partial charge >= 0.3 is 0 Å². The largest absolute Gasteiger partial charge is 0.325 e. The van der Waals surface area contributed by atoms with E-state index in [9.17, 15) is 13.6 Å². The number of carbonyl (C=O) groups is 1. The Bertz CT molecular complexity index is 585. The lowest BCUT2D eigenvalue weighted by Gasteiger charge is -2.07. The Morgan fingerprint density at radius 2 is 1.70 bits per heavy atom. The number of rotatable bonds is 5. The summed E-state index contributed by atoms with van der Waals surface area (Å²) in [4.78, 5) is 11.6. The van der Waals surface area contributed by atoms with E-state index in [1.165, 1.54) is 30.3 Å². The molecule has 0 aliphatic rings. The summed E-state index contributed by atoms with van der Waals surface area (Å²) < 4.78 is 26.0. The Hall–Kier alpha value is -2.27. The predicted molar refractivity (Wildman–Crippen MR) is 73.1 cm³/mol. The van der Waals surface area contributed by atoms with E-state index in [4.69, 9.17) is 0 Å². The minimum atomic E-state index is -0.360. The van der Waals surface area contributed by atoms with Crippen molar-refractivity contribution in [2.75, 3.05) is 11.9 Å². The van der Waals surface area contributed by atoms with E-state index in [2.05, 4.69) is 10.6 Å².